The van der Waals surface area contributed by atoms with E-state index in [1.807, 2.05) is 0 Å². The zero-order chi connectivity index (χ0) is 17.2. The van der Waals surface area contributed by atoms with Crippen molar-refractivity contribution in [1.29, 1.82) is 0 Å². The van der Waals surface area contributed by atoms with Gasteiger partial charge in [-0.2, -0.15) is 0 Å². The van der Waals surface area contributed by atoms with E-state index in [0.717, 1.165) is 18.2 Å². The summed E-state index contributed by atoms with van der Waals surface area (Å²) in [4.78, 5) is 4.07. The molecule has 0 fully saturated rings. The van der Waals surface area contributed by atoms with Gasteiger partial charge in [0.15, 0.2) is 5.76 Å². The van der Waals surface area contributed by atoms with Gasteiger partial charge in [-0.25, -0.2) is 17.5 Å². The third-order valence-electron chi connectivity index (χ3n) is 3.27. The van der Waals surface area contributed by atoms with Gasteiger partial charge in [-0.3, -0.25) is 4.98 Å². The molecule has 0 radical (unpaired) electrons. The van der Waals surface area contributed by atoms with Crippen LogP contribution in [0.5, 0.6) is 0 Å². The number of nitrogens with zero attached hydrogens (tertiary/aromatic N) is 1. The molecule has 0 aliphatic rings. The predicted octanol–water partition coefficient (Wildman–Crippen LogP) is 3.61. The van der Waals surface area contributed by atoms with E-state index in [1.54, 1.807) is 30.5 Å². The number of aromatic nitrogens is 1. The van der Waals surface area contributed by atoms with Crippen LogP contribution in [0.4, 0.5) is 4.39 Å². The van der Waals surface area contributed by atoms with Gasteiger partial charge >= 0.3 is 0 Å². The van der Waals surface area contributed by atoms with Gasteiger partial charge in [0, 0.05) is 12.7 Å². The Labute approximate surface area is 143 Å². The average Bonchev–Trinajstić information content (AvgIpc) is 3.10. The molecule has 2 aromatic heterocycles. The molecule has 0 amide bonds. The first-order valence-corrected chi connectivity index (χ1v) is 8.75. The van der Waals surface area contributed by atoms with E-state index in [2.05, 4.69) is 9.71 Å². The van der Waals surface area contributed by atoms with E-state index in [9.17, 15) is 12.8 Å². The van der Waals surface area contributed by atoms with Crippen molar-refractivity contribution in [3.05, 3.63) is 71.3 Å². The minimum absolute atomic E-state index is 0.0492. The minimum atomic E-state index is -3.81. The second-order valence-corrected chi connectivity index (χ2v) is 7.10. The Balaban J connectivity index is 1.77. The zero-order valence-corrected chi connectivity index (χ0v) is 13.8. The van der Waals surface area contributed by atoms with Crippen LogP contribution in [-0.4, -0.2) is 13.4 Å². The maximum atomic E-state index is 13.2. The molecule has 2 heterocycles. The van der Waals surface area contributed by atoms with E-state index in [4.69, 9.17) is 16.0 Å². The van der Waals surface area contributed by atoms with Crippen LogP contribution in [0.1, 0.15) is 5.56 Å². The van der Waals surface area contributed by atoms with Crippen LogP contribution in [0.15, 0.2) is 64.2 Å². The Hall–Kier alpha value is -2.22. The van der Waals surface area contributed by atoms with Crippen LogP contribution < -0.4 is 4.72 Å². The smallest absolute Gasteiger partial charge is 0.240 e. The molecule has 3 aromatic rings. The highest BCUT2D eigenvalue weighted by molar-refractivity contribution is 7.89. The maximum Gasteiger partial charge on any atom is 0.240 e. The summed E-state index contributed by atoms with van der Waals surface area (Å²) in [6.07, 6.45) is 3.10. The van der Waals surface area contributed by atoms with Crippen LogP contribution in [0, 0.1) is 5.82 Å². The van der Waals surface area contributed by atoms with Crippen molar-refractivity contribution in [2.45, 2.75) is 11.4 Å². The molecule has 1 aromatic carbocycles. The van der Waals surface area contributed by atoms with Gasteiger partial charge < -0.3 is 4.42 Å². The van der Waals surface area contributed by atoms with E-state index in [0.29, 0.717) is 17.0 Å². The van der Waals surface area contributed by atoms with Crippen LogP contribution in [0.2, 0.25) is 5.02 Å². The monoisotopic (exact) mass is 366 g/mol. The van der Waals surface area contributed by atoms with Crippen molar-refractivity contribution in [2.75, 3.05) is 0 Å². The van der Waals surface area contributed by atoms with E-state index in [-0.39, 0.29) is 16.5 Å². The van der Waals surface area contributed by atoms with Crippen LogP contribution >= 0.6 is 11.6 Å². The molecular formula is C16H12ClFN2O3S. The van der Waals surface area contributed by atoms with Crippen molar-refractivity contribution in [3.63, 3.8) is 0 Å². The lowest BCUT2D eigenvalue weighted by Crippen LogP contribution is -2.23. The van der Waals surface area contributed by atoms with Gasteiger partial charge in [0.25, 0.3) is 0 Å². The largest absolute Gasteiger partial charge is 0.463 e. The molecule has 8 heteroatoms. The summed E-state index contributed by atoms with van der Waals surface area (Å²) in [7, 11) is -3.81. The number of furan rings is 1. The van der Waals surface area contributed by atoms with Crippen molar-refractivity contribution in [2.24, 2.45) is 0 Å². The van der Waals surface area contributed by atoms with Gasteiger partial charge in [-0.1, -0.05) is 11.6 Å². The van der Waals surface area contributed by atoms with E-state index >= 15 is 0 Å². The molecule has 0 spiro atoms. The van der Waals surface area contributed by atoms with E-state index < -0.39 is 15.8 Å². The molecular weight excluding hydrogens is 355 g/mol. The van der Waals surface area contributed by atoms with Crippen LogP contribution in [0.3, 0.4) is 0 Å². The topological polar surface area (TPSA) is 72.2 Å². The number of benzene rings is 1. The SMILES string of the molecule is O=S(=O)(NCc1ccnc(-c2ccco2)c1)c1ccc(F)c(Cl)c1. The molecule has 5 nitrogen and oxygen atoms in total. The fraction of sp³-hybridized carbons (Fsp3) is 0.0625. The summed E-state index contributed by atoms with van der Waals surface area (Å²) in [5.74, 6) is -0.0853. The summed E-state index contributed by atoms with van der Waals surface area (Å²) < 4.78 is 45.4. The first kappa shape index (κ1) is 16.6. The first-order chi connectivity index (χ1) is 11.5. The number of halogens is 2. The lowest BCUT2D eigenvalue weighted by molar-refractivity contribution is 0.579. The fourth-order valence-electron chi connectivity index (χ4n) is 2.05. The molecule has 0 aliphatic heterocycles. The third-order valence-corrected chi connectivity index (χ3v) is 4.95. The summed E-state index contributed by atoms with van der Waals surface area (Å²) in [5.41, 5.74) is 1.30. The Morgan fingerprint density at radius 1 is 1.21 bits per heavy atom. The second-order valence-electron chi connectivity index (χ2n) is 4.93. The standard InChI is InChI=1S/C16H12ClFN2O3S/c17-13-9-12(3-4-14(13)18)24(21,22)20-10-11-5-6-19-15(8-11)16-2-1-7-23-16/h1-9,20H,10H2. The Bertz CT molecular complexity index is 959. The normalized spacial score (nSPS) is 11.6. The minimum Gasteiger partial charge on any atom is -0.463 e. The van der Waals surface area contributed by atoms with Crippen molar-refractivity contribution < 1.29 is 17.2 Å². The van der Waals surface area contributed by atoms with Gasteiger partial charge in [0.05, 0.1) is 16.2 Å². The Morgan fingerprint density at radius 2 is 2.04 bits per heavy atom. The molecule has 3 rings (SSSR count). The molecule has 0 saturated heterocycles. The van der Waals surface area contributed by atoms with Gasteiger partial charge in [-0.05, 0) is 48.0 Å². The quantitative estimate of drug-likeness (QED) is 0.748. The van der Waals surface area contributed by atoms with Crippen LogP contribution in [-0.2, 0) is 16.6 Å². The molecule has 124 valence electrons. The first-order valence-electron chi connectivity index (χ1n) is 6.89. The molecule has 0 bridgehead atoms. The van der Waals surface area contributed by atoms with Crippen molar-refractivity contribution in [1.82, 2.24) is 9.71 Å². The summed E-state index contributed by atoms with van der Waals surface area (Å²) in [5, 5.41) is -0.248. The molecule has 0 aliphatic carbocycles. The number of hydrogen-bond donors (Lipinski definition) is 1. The highest BCUT2D eigenvalue weighted by atomic mass is 35.5. The highest BCUT2D eigenvalue weighted by Gasteiger charge is 2.16. The molecule has 0 unspecified atom stereocenters. The van der Waals surface area contributed by atoms with Gasteiger partial charge in [-0.15, -0.1) is 0 Å². The second kappa shape index (κ2) is 6.72. The number of nitrogens with one attached hydrogen (secondary N) is 1. The number of hydrogen-bond acceptors (Lipinski definition) is 4. The fourth-order valence-corrected chi connectivity index (χ4v) is 3.34. The third kappa shape index (κ3) is 3.64. The molecule has 0 atom stereocenters. The van der Waals surface area contributed by atoms with Gasteiger partial charge in [0.2, 0.25) is 10.0 Å². The maximum absolute atomic E-state index is 13.2. The van der Waals surface area contributed by atoms with Crippen molar-refractivity contribution in [3.8, 4) is 11.5 Å². The van der Waals surface area contributed by atoms with Crippen LogP contribution in [0.25, 0.3) is 11.5 Å². The number of pyridine rings is 1. The summed E-state index contributed by atoms with van der Waals surface area (Å²) in [6, 6.07) is 10.1. The Kier molecular flexibility index (Phi) is 4.66. The molecule has 1 N–H and O–H groups in total. The highest BCUT2D eigenvalue weighted by Crippen LogP contribution is 2.20. The summed E-state index contributed by atoms with van der Waals surface area (Å²) in [6.45, 7) is 0.0492. The molecule has 0 saturated carbocycles. The number of sulfonamides is 1. The lowest BCUT2D eigenvalue weighted by Gasteiger charge is -2.08. The number of rotatable bonds is 5. The lowest BCUT2D eigenvalue weighted by atomic mass is 10.2. The van der Waals surface area contributed by atoms with E-state index in [1.165, 1.54) is 6.26 Å². The van der Waals surface area contributed by atoms with Crippen molar-refractivity contribution >= 4 is 21.6 Å². The van der Waals surface area contributed by atoms with Gasteiger partial charge in [0.1, 0.15) is 11.5 Å². The molecule has 24 heavy (non-hydrogen) atoms. The average molecular weight is 367 g/mol. The predicted molar refractivity (Wildman–Crippen MR) is 87.4 cm³/mol. The summed E-state index contributed by atoms with van der Waals surface area (Å²) >= 11 is 5.63. The Morgan fingerprint density at radius 3 is 2.75 bits per heavy atom. The zero-order valence-electron chi connectivity index (χ0n) is 12.2.